The fourth-order valence-corrected chi connectivity index (χ4v) is 1.86. The molecule has 0 heterocycles. The molecule has 17 heavy (non-hydrogen) atoms. The predicted molar refractivity (Wildman–Crippen MR) is 65.6 cm³/mol. The third kappa shape index (κ3) is 4.95. The van der Waals surface area contributed by atoms with E-state index in [4.69, 9.17) is 5.73 Å². The molecule has 1 aromatic carbocycles. The van der Waals surface area contributed by atoms with Gasteiger partial charge in [-0.15, -0.1) is 0 Å². The number of hydrogen-bond donors (Lipinski definition) is 1. The van der Waals surface area contributed by atoms with Gasteiger partial charge in [0.25, 0.3) is 0 Å². The van der Waals surface area contributed by atoms with Crippen molar-refractivity contribution in [2.24, 2.45) is 0 Å². The Bertz CT molecular complexity index is 379. The van der Waals surface area contributed by atoms with Gasteiger partial charge in [0, 0.05) is 16.7 Å². The lowest BCUT2D eigenvalue weighted by Gasteiger charge is -2.22. The van der Waals surface area contributed by atoms with Crippen molar-refractivity contribution in [2.75, 3.05) is 18.8 Å². The summed E-state index contributed by atoms with van der Waals surface area (Å²) in [7, 11) is 0. The molecular weight excluding hydrogens is 297 g/mol. The zero-order valence-corrected chi connectivity index (χ0v) is 11.0. The van der Waals surface area contributed by atoms with E-state index in [0.717, 1.165) is 10.0 Å². The summed E-state index contributed by atoms with van der Waals surface area (Å²) in [4.78, 5) is 1.32. The standard InChI is InChI=1S/C11H14BrF3N2/c1-2-17(7-11(13,14)15)6-8-5-9(16)3-4-10(8)12/h3-5H,2,6-7,16H2,1H3. The molecule has 0 unspecified atom stereocenters. The minimum absolute atomic E-state index is 0.224. The highest BCUT2D eigenvalue weighted by Gasteiger charge is 2.30. The van der Waals surface area contributed by atoms with Crippen LogP contribution in [0, 0.1) is 0 Å². The Morgan fingerprint density at radius 2 is 2.00 bits per heavy atom. The van der Waals surface area contributed by atoms with E-state index >= 15 is 0 Å². The van der Waals surface area contributed by atoms with Crippen LogP contribution in [0.5, 0.6) is 0 Å². The molecule has 0 amide bonds. The van der Waals surface area contributed by atoms with Crippen molar-refractivity contribution in [1.29, 1.82) is 0 Å². The molecule has 0 bridgehead atoms. The van der Waals surface area contributed by atoms with Gasteiger partial charge in [0.1, 0.15) is 0 Å². The van der Waals surface area contributed by atoms with Crippen LogP contribution in [0.1, 0.15) is 12.5 Å². The monoisotopic (exact) mass is 310 g/mol. The molecule has 0 fully saturated rings. The number of nitrogen functional groups attached to an aromatic ring is 1. The largest absolute Gasteiger partial charge is 0.401 e. The SMILES string of the molecule is CCN(Cc1cc(N)ccc1Br)CC(F)(F)F. The van der Waals surface area contributed by atoms with Gasteiger partial charge in [0.05, 0.1) is 6.54 Å². The Balaban J connectivity index is 2.77. The highest BCUT2D eigenvalue weighted by atomic mass is 79.9. The predicted octanol–water partition coefficient (Wildman–Crippen LogP) is 3.42. The lowest BCUT2D eigenvalue weighted by atomic mass is 10.2. The maximum Gasteiger partial charge on any atom is 0.401 e. The Hall–Kier alpha value is -0.750. The smallest absolute Gasteiger partial charge is 0.399 e. The van der Waals surface area contributed by atoms with Gasteiger partial charge in [0.15, 0.2) is 0 Å². The van der Waals surface area contributed by atoms with Crippen molar-refractivity contribution in [1.82, 2.24) is 4.90 Å². The van der Waals surface area contributed by atoms with Crippen LogP contribution in [0.25, 0.3) is 0 Å². The fourth-order valence-electron chi connectivity index (χ4n) is 1.49. The summed E-state index contributed by atoms with van der Waals surface area (Å²) in [6.45, 7) is 1.35. The maximum atomic E-state index is 12.3. The second-order valence-electron chi connectivity index (χ2n) is 3.77. The van der Waals surface area contributed by atoms with Crippen molar-refractivity contribution in [2.45, 2.75) is 19.6 Å². The van der Waals surface area contributed by atoms with Gasteiger partial charge in [-0.1, -0.05) is 22.9 Å². The topological polar surface area (TPSA) is 29.3 Å². The summed E-state index contributed by atoms with van der Waals surface area (Å²) in [5.41, 5.74) is 6.92. The molecule has 0 aliphatic heterocycles. The van der Waals surface area contributed by atoms with Gasteiger partial charge >= 0.3 is 6.18 Å². The van der Waals surface area contributed by atoms with Gasteiger partial charge in [0.2, 0.25) is 0 Å². The molecule has 0 spiro atoms. The van der Waals surface area contributed by atoms with Crippen LogP contribution in [0.3, 0.4) is 0 Å². The van der Waals surface area contributed by atoms with Gasteiger partial charge in [-0.25, -0.2) is 0 Å². The fraction of sp³-hybridized carbons (Fsp3) is 0.455. The maximum absolute atomic E-state index is 12.3. The third-order valence-electron chi connectivity index (χ3n) is 2.31. The van der Waals surface area contributed by atoms with Crippen LogP contribution < -0.4 is 5.73 Å². The molecule has 0 saturated heterocycles. The number of nitrogens with two attached hydrogens (primary N) is 1. The minimum atomic E-state index is -4.18. The van der Waals surface area contributed by atoms with E-state index < -0.39 is 12.7 Å². The molecule has 1 aromatic rings. The number of alkyl halides is 3. The van der Waals surface area contributed by atoms with E-state index in [9.17, 15) is 13.2 Å². The number of halogens is 4. The number of nitrogens with zero attached hydrogens (tertiary/aromatic N) is 1. The summed E-state index contributed by atoms with van der Waals surface area (Å²) in [5, 5.41) is 0. The Morgan fingerprint density at radius 3 is 2.53 bits per heavy atom. The Morgan fingerprint density at radius 1 is 1.35 bits per heavy atom. The van der Waals surface area contributed by atoms with Crippen LogP contribution in [-0.4, -0.2) is 24.2 Å². The summed E-state index contributed by atoms with van der Waals surface area (Å²) >= 11 is 3.30. The lowest BCUT2D eigenvalue weighted by molar-refractivity contribution is -0.146. The molecule has 96 valence electrons. The lowest BCUT2D eigenvalue weighted by Crippen LogP contribution is -2.33. The number of anilines is 1. The zero-order chi connectivity index (χ0) is 13.1. The first kappa shape index (κ1) is 14.3. The molecule has 2 nitrogen and oxygen atoms in total. The van der Waals surface area contributed by atoms with Crippen LogP contribution >= 0.6 is 15.9 Å². The Kier molecular flexibility index (Phi) is 4.82. The minimum Gasteiger partial charge on any atom is -0.399 e. The first-order valence-electron chi connectivity index (χ1n) is 5.15. The molecule has 6 heteroatoms. The summed E-state index contributed by atoms with van der Waals surface area (Å²) < 4.78 is 37.7. The quantitative estimate of drug-likeness (QED) is 0.864. The van der Waals surface area contributed by atoms with E-state index in [2.05, 4.69) is 15.9 Å². The summed E-state index contributed by atoms with van der Waals surface area (Å²) in [5.74, 6) is 0. The van der Waals surface area contributed by atoms with Gasteiger partial charge in [-0.05, 0) is 30.3 Å². The molecule has 0 atom stereocenters. The average Bonchev–Trinajstić information content (AvgIpc) is 2.20. The Labute approximate surface area is 107 Å². The second kappa shape index (κ2) is 5.73. The molecule has 0 radical (unpaired) electrons. The summed E-state index contributed by atoms with van der Waals surface area (Å²) in [6, 6.07) is 5.13. The zero-order valence-electron chi connectivity index (χ0n) is 9.39. The molecule has 0 aromatic heterocycles. The van der Waals surface area contributed by atoms with Gasteiger partial charge < -0.3 is 5.73 Å². The highest BCUT2D eigenvalue weighted by Crippen LogP contribution is 2.23. The first-order valence-corrected chi connectivity index (χ1v) is 5.94. The van der Waals surface area contributed by atoms with Crippen molar-refractivity contribution >= 4 is 21.6 Å². The van der Waals surface area contributed by atoms with E-state index in [-0.39, 0.29) is 6.54 Å². The van der Waals surface area contributed by atoms with Crippen molar-refractivity contribution in [3.05, 3.63) is 28.2 Å². The van der Waals surface area contributed by atoms with Crippen LogP contribution in [0.15, 0.2) is 22.7 Å². The van der Waals surface area contributed by atoms with Gasteiger partial charge in [-0.2, -0.15) is 13.2 Å². The number of hydrogen-bond acceptors (Lipinski definition) is 2. The van der Waals surface area contributed by atoms with E-state index in [1.54, 1.807) is 25.1 Å². The number of rotatable bonds is 4. The van der Waals surface area contributed by atoms with Crippen molar-refractivity contribution in [3.8, 4) is 0 Å². The van der Waals surface area contributed by atoms with Crippen molar-refractivity contribution < 1.29 is 13.2 Å². The second-order valence-corrected chi connectivity index (χ2v) is 4.62. The average molecular weight is 311 g/mol. The van der Waals surface area contributed by atoms with Crippen LogP contribution in [-0.2, 0) is 6.54 Å². The van der Waals surface area contributed by atoms with E-state index in [0.29, 0.717) is 12.2 Å². The number of benzene rings is 1. The molecule has 1 rings (SSSR count). The third-order valence-corrected chi connectivity index (χ3v) is 3.09. The van der Waals surface area contributed by atoms with Crippen LogP contribution in [0.2, 0.25) is 0 Å². The molecule has 2 N–H and O–H groups in total. The molecule has 0 saturated carbocycles. The summed E-state index contributed by atoms with van der Waals surface area (Å²) in [6.07, 6.45) is -4.18. The first-order chi connectivity index (χ1) is 7.81. The van der Waals surface area contributed by atoms with Crippen molar-refractivity contribution in [3.63, 3.8) is 0 Å². The van der Waals surface area contributed by atoms with Gasteiger partial charge in [-0.3, -0.25) is 4.90 Å². The molecule has 0 aliphatic rings. The van der Waals surface area contributed by atoms with E-state index in [1.165, 1.54) is 4.90 Å². The van der Waals surface area contributed by atoms with Crippen LogP contribution in [0.4, 0.5) is 18.9 Å². The highest BCUT2D eigenvalue weighted by molar-refractivity contribution is 9.10. The molecular formula is C11H14BrF3N2. The molecule has 0 aliphatic carbocycles. The van der Waals surface area contributed by atoms with E-state index in [1.807, 2.05) is 0 Å². The normalized spacial score (nSPS) is 12.1.